The van der Waals surface area contributed by atoms with E-state index in [1.807, 2.05) is 24.3 Å². The summed E-state index contributed by atoms with van der Waals surface area (Å²) in [7, 11) is 0. The van der Waals surface area contributed by atoms with Crippen molar-refractivity contribution in [1.82, 2.24) is 0 Å². The minimum atomic E-state index is -0.105. The summed E-state index contributed by atoms with van der Waals surface area (Å²) in [6, 6.07) is 12.6. The van der Waals surface area contributed by atoms with Gasteiger partial charge in [-0.05, 0) is 46.3 Å². The van der Waals surface area contributed by atoms with Crippen molar-refractivity contribution in [2.45, 2.75) is 4.90 Å². The Morgan fingerprint density at radius 3 is 2.75 bits per heavy atom. The molecule has 20 heavy (non-hydrogen) atoms. The van der Waals surface area contributed by atoms with Crippen molar-refractivity contribution in [3.8, 4) is 0 Å². The quantitative estimate of drug-likeness (QED) is 0.618. The van der Waals surface area contributed by atoms with Gasteiger partial charge in [-0.25, -0.2) is 0 Å². The molecule has 0 atom stereocenters. The summed E-state index contributed by atoms with van der Waals surface area (Å²) in [6.45, 7) is 0. The lowest BCUT2D eigenvalue weighted by molar-refractivity contribution is -0.113. The molecular weight excluding hydrogens is 360 g/mol. The van der Waals surface area contributed by atoms with Crippen LogP contribution in [0.5, 0.6) is 0 Å². The second-order valence-corrected chi connectivity index (χ2v) is 6.29. The summed E-state index contributed by atoms with van der Waals surface area (Å²) in [4.78, 5) is 12.9. The Morgan fingerprint density at radius 2 is 2.05 bits per heavy atom. The van der Waals surface area contributed by atoms with Gasteiger partial charge in [-0.2, -0.15) is 0 Å². The average molecular weight is 372 g/mol. The molecule has 0 aliphatic heterocycles. The van der Waals surface area contributed by atoms with Gasteiger partial charge in [0.2, 0.25) is 5.91 Å². The Bertz CT molecular complexity index is 636. The summed E-state index contributed by atoms with van der Waals surface area (Å²) in [5, 5.41) is 3.31. The van der Waals surface area contributed by atoms with Gasteiger partial charge in [0.05, 0.1) is 16.5 Å². The highest BCUT2D eigenvalue weighted by atomic mass is 79.9. The number of halogens is 2. The van der Waals surface area contributed by atoms with Gasteiger partial charge in [-0.15, -0.1) is 11.8 Å². The maximum atomic E-state index is 11.9. The summed E-state index contributed by atoms with van der Waals surface area (Å²) in [6.07, 6.45) is 0. The van der Waals surface area contributed by atoms with Crippen LogP contribution in [0, 0.1) is 0 Å². The number of carbonyl (C=O) groups is 1. The Balaban J connectivity index is 1.94. The van der Waals surface area contributed by atoms with Crippen molar-refractivity contribution < 1.29 is 4.79 Å². The second-order valence-electron chi connectivity index (χ2n) is 4.01. The third-order valence-electron chi connectivity index (χ3n) is 2.46. The predicted molar refractivity (Wildman–Crippen MR) is 89.4 cm³/mol. The van der Waals surface area contributed by atoms with E-state index in [0.29, 0.717) is 22.2 Å². The molecule has 0 bridgehead atoms. The van der Waals surface area contributed by atoms with Crippen LogP contribution >= 0.6 is 39.3 Å². The van der Waals surface area contributed by atoms with Gasteiger partial charge < -0.3 is 11.1 Å². The van der Waals surface area contributed by atoms with Gasteiger partial charge >= 0.3 is 0 Å². The van der Waals surface area contributed by atoms with E-state index in [9.17, 15) is 4.79 Å². The Kier molecular flexibility index (Phi) is 5.34. The van der Waals surface area contributed by atoms with Gasteiger partial charge in [0.15, 0.2) is 0 Å². The zero-order chi connectivity index (χ0) is 14.5. The minimum absolute atomic E-state index is 0.105. The highest BCUT2D eigenvalue weighted by Crippen LogP contribution is 2.29. The number of rotatable bonds is 4. The van der Waals surface area contributed by atoms with Crippen LogP contribution in [0.4, 0.5) is 11.4 Å². The number of hydrogen-bond donors (Lipinski definition) is 2. The molecular formula is C14H12BrClN2OS. The van der Waals surface area contributed by atoms with Gasteiger partial charge in [-0.3, -0.25) is 4.79 Å². The molecule has 2 rings (SSSR count). The van der Waals surface area contributed by atoms with Crippen LogP contribution < -0.4 is 11.1 Å². The third-order valence-corrected chi connectivity index (χ3v) is 4.78. The minimum Gasteiger partial charge on any atom is -0.399 e. The standard InChI is InChI=1S/C14H12BrClN2OS/c15-10-7-9(17)5-6-13(10)20-8-14(19)18-12-4-2-1-3-11(12)16/h1-7H,8,17H2,(H,18,19). The Hall–Kier alpha value is -1.17. The number of amides is 1. The van der Waals surface area contributed by atoms with Gasteiger partial charge in [-0.1, -0.05) is 23.7 Å². The van der Waals surface area contributed by atoms with Gasteiger partial charge in [0.25, 0.3) is 0 Å². The van der Waals surface area contributed by atoms with E-state index in [4.69, 9.17) is 17.3 Å². The number of carbonyl (C=O) groups excluding carboxylic acids is 1. The maximum absolute atomic E-state index is 11.9. The largest absolute Gasteiger partial charge is 0.399 e. The molecule has 0 radical (unpaired) electrons. The van der Waals surface area contributed by atoms with Crippen molar-refractivity contribution in [2.75, 3.05) is 16.8 Å². The number of nitrogen functional groups attached to an aromatic ring is 1. The lowest BCUT2D eigenvalue weighted by Crippen LogP contribution is -2.14. The fraction of sp³-hybridized carbons (Fsp3) is 0.0714. The first-order valence-electron chi connectivity index (χ1n) is 5.78. The number of nitrogens with two attached hydrogens (primary N) is 1. The number of benzene rings is 2. The van der Waals surface area contributed by atoms with E-state index >= 15 is 0 Å². The van der Waals surface area contributed by atoms with E-state index < -0.39 is 0 Å². The van der Waals surface area contributed by atoms with Gasteiger partial charge in [0.1, 0.15) is 0 Å². The van der Waals surface area contributed by atoms with Gasteiger partial charge in [0, 0.05) is 15.1 Å². The summed E-state index contributed by atoms with van der Waals surface area (Å²) < 4.78 is 0.882. The fourth-order valence-corrected chi connectivity index (χ4v) is 3.17. The molecule has 0 saturated carbocycles. The number of hydrogen-bond acceptors (Lipinski definition) is 3. The van der Waals surface area contributed by atoms with Crippen molar-refractivity contribution >= 4 is 56.6 Å². The first-order valence-corrected chi connectivity index (χ1v) is 7.94. The molecule has 6 heteroatoms. The summed E-state index contributed by atoms with van der Waals surface area (Å²) in [5.41, 5.74) is 6.97. The van der Waals surface area contributed by atoms with Crippen molar-refractivity contribution in [2.24, 2.45) is 0 Å². The average Bonchev–Trinajstić information content (AvgIpc) is 2.40. The molecule has 0 aromatic heterocycles. The number of thioether (sulfide) groups is 1. The Labute approximate surface area is 135 Å². The fourth-order valence-electron chi connectivity index (χ4n) is 1.53. The molecule has 3 N–H and O–H groups in total. The molecule has 0 aliphatic rings. The van der Waals surface area contributed by atoms with E-state index in [-0.39, 0.29) is 5.91 Å². The lowest BCUT2D eigenvalue weighted by atomic mass is 10.3. The topological polar surface area (TPSA) is 55.1 Å². The van der Waals surface area contributed by atoms with E-state index in [0.717, 1.165) is 9.37 Å². The Morgan fingerprint density at radius 1 is 1.30 bits per heavy atom. The lowest BCUT2D eigenvalue weighted by Gasteiger charge is -2.08. The number of anilines is 2. The van der Waals surface area contributed by atoms with Crippen LogP contribution in [0.2, 0.25) is 5.02 Å². The van der Waals surface area contributed by atoms with E-state index in [1.165, 1.54) is 11.8 Å². The number of nitrogens with one attached hydrogen (secondary N) is 1. The van der Waals surface area contributed by atoms with Crippen LogP contribution in [0.15, 0.2) is 51.8 Å². The normalized spacial score (nSPS) is 10.3. The van der Waals surface area contributed by atoms with Crippen LogP contribution in [-0.4, -0.2) is 11.7 Å². The predicted octanol–water partition coefficient (Wildman–Crippen LogP) is 4.42. The molecule has 2 aromatic carbocycles. The molecule has 0 spiro atoms. The highest BCUT2D eigenvalue weighted by Gasteiger charge is 2.08. The van der Waals surface area contributed by atoms with E-state index in [2.05, 4.69) is 21.2 Å². The van der Waals surface area contributed by atoms with Crippen LogP contribution in [0.3, 0.4) is 0 Å². The SMILES string of the molecule is Nc1ccc(SCC(=O)Nc2ccccc2Cl)c(Br)c1. The summed E-state index contributed by atoms with van der Waals surface area (Å²) in [5.74, 6) is 0.195. The molecule has 104 valence electrons. The van der Waals surface area contributed by atoms with Crippen molar-refractivity contribution in [3.05, 3.63) is 52.0 Å². The molecule has 2 aromatic rings. The smallest absolute Gasteiger partial charge is 0.234 e. The summed E-state index contributed by atoms with van der Waals surface area (Å²) >= 11 is 10.8. The van der Waals surface area contributed by atoms with Crippen LogP contribution in [0.25, 0.3) is 0 Å². The zero-order valence-electron chi connectivity index (χ0n) is 10.4. The highest BCUT2D eigenvalue weighted by molar-refractivity contribution is 9.10. The van der Waals surface area contributed by atoms with Crippen molar-refractivity contribution in [3.63, 3.8) is 0 Å². The first kappa shape index (κ1) is 15.2. The van der Waals surface area contributed by atoms with Crippen LogP contribution in [-0.2, 0) is 4.79 Å². The van der Waals surface area contributed by atoms with Crippen LogP contribution in [0.1, 0.15) is 0 Å². The molecule has 0 fully saturated rings. The molecule has 0 heterocycles. The molecule has 0 unspecified atom stereocenters. The third kappa shape index (κ3) is 4.16. The van der Waals surface area contributed by atoms with Crippen molar-refractivity contribution in [1.29, 1.82) is 0 Å². The number of para-hydroxylation sites is 1. The molecule has 0 saturated heterocycles. The second kappa shape index (κ2) is 7.02. The molecule has 3 nitrogen and oxygen atoms in total. The first-order chi connectivity index (χ1) is 9.56. The molecule has 0 aliphatic carbocycles. The van der Waals surface area contributed by atoms with E-state index in [1.54, 1.807) is 18.2 Å². The monoisotopic (exact) mass is 370 g/mol. The zero-order valence-corrected chi connectivity index (χ0v) is 13.6. The maximum Gasteiger partial charge on any atom is 0.234 e. The molecule has 1 amide bonds.